The van der Waals surface area contributed by atoms with Crippen LogP contribution in [0.5, 0.6) is 0 Å². The summed E-state index contributed by atoms with van der Waals surface area (Å²) in [6.07, 6.45) is 15.4. The van der Waals surface area contributed by atoms with Crippen LogP contribution < -0.4 is 0 Å². The van der Waals surface area contributed by atoms with Crippen LogP contribution in [0.15, 0.2) is 24.3 Å². The van der Waals surface area contributed by atoms with E-state index in [1.807, 2.05) is 0 Å². The fourth-order valence-corrected chi connectivity index (χ4v) is 3.45. The smallest absolute Gasteiger partial charge is 0.0925 e. The zero-order chi connectivity index (χ0) is 17.8. The van der Waals surface area contributed by atoms with Crippen LogP contribution in [-0.2, 0) is 6.42 Å². The first-order valence-electron chi connectivity index (χ1n) is 10.3. The van der Waals surface area contributed by atoms with Gasteiger partial charge in [-0.25, -0.2) is 0 Å². The second-order valence-corrected chi connectivity index (χ2v) is 8.58. The molecule has 0 radical (unpaired) electrons. The van der Waals surface area contributed by atoms with Crippen molar-refractivity contribution >= 4 is 0 Å². The predicted molar refractivity (Wildman–Crippen MR) is 109 cm³/mol. The molecule has 1 aromatic rings. The van der Waals surface area contributed by atoms with E-state index in [4.69, 9.17) is 0 Å². The van der Waals surface area contributed by atoms with Crippen LogP contribution in [0, 0.1) is 6.92 Å². The summed E-state index contributed by atoms with van der Waals surface area (Å²) in [4.78, 5) is 0. The standard InChI is InChI=1S/C23H42N/c1-6-7-8-9-10-11-12-13-14-15-23(24(3,4)5)20-22-18-16-21(2)17-19-22/h16-19,23H,6-15,20H2,1-5H3/q+1. The maximum Gasteiger partial charge on any atom is 0.0925 e. The van der Waals surface area contributed by atoms with Crippen molar-refractivity contribution in [3.8, 4) is 0 Å². The Kier molecular flexibility index (Phi) is 10.3. The number of rotatable bonds is 13. The lowest BCUT2D eigenvalue weighted by molar-refractivity contribution is -0.896. The van der Waals surface area contributed by atoms with Gasteiger partial charge in [-0.2, -0.15) is 0 Å². The highest BCUT2D eigenvalue weighted by Crippen LogP contribution is 2.19. The molecule has 0 N–H and O–H groups in total. The van der Waals surface area contributed by atoms with E-state index in [0.717, 1.165) is 10.5 Å². The largest absolute Gasteiger partial charge is 0.328 e. The molecular weight excluding hydrogens is 290 g/mol. The number of likely N-dealkylation sites (N-methyl/N-ethyl adjacent to an activating group) is 1. The molecule has 1 atom stereocenters. The van der Waals surface area contributed by atoms with Crippen molar-refractivity contribution < 1.29 is 4.48 Å². The monoisotopic (exact) mass is 332 g/mol. The molecule has 0 bridgehead atoms. The Morgan fingerprint density at radius 3 is 1.75 bits per heavy atom. The van der Waals surface area contributed by atoms with Gasteiger partial charge in [-0.05, 0) is 25.3 Å². The summed E-state index contributed by atoms with van der Waals surface area (Å²) < 4.78 is 1.07. The minimum Gasteiger partial charge on any atom is -0.328 e. The van der Waals surface area contributed by atoms with E-state index in [1.165, 1.54) is 81.8 Å². The summed E-state index contributed by atoms with van der Waals surface area (Å²) in [6.45, 7) is 4.46. The van der Waals surface area contributed by atoms with Gasteiger partial charge in [-0.15, -0.1) is 0 Å². The highest BCUT2D eigenvalue weighted by Gasteiger charge is 2.23. The quantitative estimate of drug-likeness (QED) is 0.284. The number of hydrogen-bond donors (Lipinski definition) is 0. The number of aryl methyl sites for hydroxylation is 1. The number of quaternary nitrogens is 1. The van der Waals surface area contributed by atoms with Gasteiger partial charge < -0.3 is 4.48 Å². The minimum atomic E-state index is 0.734. The summed E-state index contributed by atoms with van der Waals surface area (Å²) in [6, 6.07) is 9.86. The average molecular weight is 333 g/mol. The molecular formula is C23H42N+. The molecule has 24 heavy (non-hydrogen) atoms. The van der Waals surface area contributed by atoms with Crippen LogP contribution >= 0.6 is 0 Å². The third kappa shape index (κ3) is 9.47. The van der Waals surface area contributed by atoms with Crippen molar-refractivity contribution in [3.05, 3.63) is 35.4 Å². The van der Waals surface area contributed by atoms with Crippen LogP contribution in [0.25, 0.3) is 0 Å². The van der Waals surface area contributed by atoms with Gasteiger partial charge in [0.05, 0.1) is 27.2 Å². The van der Waals surface area contributed by atoms with Crippen molar-refractivity contribution in [2.75, 3.05) is 21.1 Å². The molecule has 1 unspecified atom stereocenters. The van der Waals surface area contributed by atoms with E-state index in [9.17, 15) is 0 Å². The minimum absolute atomic E-state index is 0.734. The van der Waals surface area contributed by atoms with Crippen LogP contribution in [0.2, 0.25) is 0 Å². The van der Waals surface area contributed by atoms with Gasteiger partial charge in [0, 0.05) is 6.42 Å². The molecule has 0 spiro atoms. The maximum absolute atomic E-state index is 2.35. The Morgan fingerprint density at radius 1 is 0.750 bits per heavy atom. The number of benzene rings is 1. The lowest BCUT2D eigenvalue weighted by Gasteiger charge is -2.34. The molecule has 0 aliphatic rings. The molecule has 0 heterocycles. The molecule has 0 aliphatic carbocycles. The van der Waals surface area contributed by atoms with Gasteiger partial charge in [0.2, 0.25) is 0 Å². The van der Waals surface area contributed by atoms with E-state index < -0.39 is 0 Å². The van der Waals surface area contributed by atoms with E-state index in [2.05, 4.69) is 59.3 Å². The van der Waals surface area contributed by atoms with Gasteiger partial charge in [-0.1, -0.05) is 88.1 Å². The second kappa shape index (κ2) is 11.7. The van der Waals surface area contributed by atoms with Crippen LogP contribution in [-0.4, -0.2) is 31.7 Å². The predicted octanol–water partition coefficient (Wildman–Crippen LogP) is 6.53. The first-order valence-corrected chi connectivity index (χ1v) is 10.3. The summed E-state index contributed by atoms with van der Waals surface area (Å²) >= 11 is 0. The first kappa shape index (κ1) is 21.2. The van der Waals surface area contributed by atoms with E-state index >= 15 is 0 Å². The van der Waals surface area contributed by atoms with Crippen molar-refractivity contribution in [3.63, 3.8) is 0 Å². The molecule has 0 saturated carbocycles. The number of nitrogens with zero attached hydrogens (tertiary/aromatic N) is 1. The van der Waals surface area contributed by atoms with Gasteiger partial charge in [-0.3, -0.25) is 0 Å². The molecule has 0 aromatic heterocycles. The molecule has 0 amide bonds. The summed E-state index contributed by atoms with van der Waals surface area (Å²) in [7, 11) is 7.06. The zero-order valence-corrected chi connectivity index (χ0v) is 17.1. The Bertz CT molecular complexity index is 413. The molecule has 1 rings (SSSR count). The number of hydrogen-bond acceptors (Lipinski definition) is 0. The van der Waals surface area contributed by atoms with E-state index in [0.29, 0.717) is 0 Å². The topological polar surface area (TPSA) is 0 Å². The van der Waals surface area contributed by atoms with Gasteiger partial charge in [0.1, 0.15) is 0 Å². The molecule has 0 fully saturated rings. The second-order valence-electron chi connectivity index (χ2n) is 8.58. The van der Waals surface area contributed by atoms with Crippen molar-refractivity contribution in [2.24, 2.45) is 0 Å². The van der Waals surface area contributed by atoms with Crippen molar-refractivity contribution in [1.29, 1.82) is 0 Å². The van der Waals surface area contributed by atoms with Crippen LogP contribution in [0.1, 0.15) is 82.3 Å². The van der Waals surface area contributed by atoms with Crippen LogP contribution in [0.3, 0.4) is 0 Å². The Morgan fingerprint density at radius 2 is 1.25 bits per heavy atom. The third-order valence-corrected chi connectivity index (χ3v) is 5.33. The Balaban J connectivity index is 2.25. The molecule has 1 heteroatoms. The lowest BCUT2D eigenvalue weighted by Crippen LogP contribution is -2.46. The highest BCUT2D eigenvalue weighted by atomic mass is 15.3. The average Bonchev–Trinajstić information content (AvgIpc) is 2.53. The third-order valence-electron chi connectivity index (χ3n) is 5.33. The van der Waals surface area contributed by atoms with E-state index in [-0.39, 0.29) is 0 Å². The summed E-state index contributed by atoms with van der Waals surface area (Å²) in [5.41, 5.74) is 2.86. The maximum atomic E-state index is 2.35. The molecule has 1 nitrogen and oxygen atoms in total. The Labute approximate surface area is 152 Å². The van der Waals surface area contributed by atoms with Gasteiger partial charge in [0.15, 0.2) is 0 Å². The normalized spacial score (nSPS) is 13.2. The van der Waals surface area contributed by atoms with Gasteiger partial charge in [0.25, 0.3) is 0 Å². The summed E-state index contributed by atoms with van der Waals surface area (Å²) in [5.74, 6) is 0. The molecule has 1 aromatic carbocycles. The molecule has 0 aliphatic heterocycles. The van der Waals surface area contributed by atoms with Crippen molar-refractivity contribution in [2.45, 2.75) is 90.5 Å². The van der Waals surface area contributed by atoms with E-state index in [1.54, 1.807) is 0 Å². The van der Waals surface area contributed by atoms with Crippen LogP contribution in [0.4, 0.5) is 0 Å². The highest BCUT2D eigenvalue weighted by molar-refractivity contribution is 5.21. The Hall–Kier alpha value is -0.820. The number of unbranched alkanes of at least 4 members (excludes halogenated alkanes) is 8. The lowest BCUT2D eigenvalue weighted by atomic mass is 9.97. The van der Waals surface area contributed by atoms with Crippen molar-refractivity contribution in [1.82, 2.24) is 0 Å². The SMILES string of the molecule is CCCCCCCCCCCC(Cc1ccc(C)cc1)[N+](C)(C)C. The summed E-state index contributed by atoms with van der Waals surface area (Å²) in [5, 5.41) is 0. The first-order chi connectivity index (χ1) is 11.4. The molecule has 0 saturated heterocycles. The zero-order valence-electron chi connectivity index (χ0n) is 17.1. The fraction of sp³-hybridized carbons (Fsp3) is 0.739. The van der Waals surface area contributed by atoms with Gasteiger partial charge >= 0.3 is 0 Å². The molecule has 138 valence electrons. The fourth-order valence-electron chi connectivity index (χ4n) is 3.45.